The first kappa shape index (κ1) is 41.9. The molecule has 0 aromatic carbocycles. The molecule has 0 radical (unpaired) electrons. The second-order valence-electron chi connectivity index (χ2n) is 13.1. The van der Waals surface area contributed by atoms with Crippen LogP contribution in [0, 0.1) is 35.5 Å². The molecule has 0 aromatic heterocycles. The highest BCUT2D eigenvalue weighted by molar-refractivity contribution is 7.92. The zero-order valence-electron chi connectivity index (χ0n) is 27.5. The van der Waals surface area contributed by atoms with Crippen LogP contribution in [0.2, 0.25) is 0 Å². The fraction of sp³-hybridized carbons (Fsp3) is 0.750. The van der Waals surface area contributed by atoms with Crippen LogP contribution < -0.4 is 0 Å². The Morgan fingerprint density at radius 3 is 1.59 bits per heavy atom. The number of carbonyl (C=O) groups is 5. The minimum Gasteiger partial charge on any atom is -0.462 e. The van der Waals surface area contributed by atoms with Crippen LogP contribution in [0.1, 0.15) is 51.9 Å². The van der Waals surface area contributed by atoms with Crippen molar-refractivity contribution in [1.82, 2.24) is 0 Å². The number of aliphatic hydroxyl groups excluding tert-OH is 1. The topological polar surface area (TPSA) is 161 Å². The molecule has 6 aliphatic rings. The molecule has 0 aromatic rings. The number of ketones is 1. The maximum absolute atomic E-state index is 11.4. The van der Waals surface area contributed by atoms with E-state index in [2.05, 4.69) is 54.7 Å². The van der Waals surface area contributed by atoms with E-state index < -0.39 is 0 Å². The van der Waals surface area contributed by atoms with Crippen LogP contribution >= 0.6 is 54.7 Å². The SMILES string of the molecule is CCC(=O)/C=C/[C@@H]1[C@H]2CC(=O)O[C@H]2C[C@H]1OB(P)P.O=C1C[C@@H]2[C@@H](CO)[C@H](OB(P)P)C[C@@H]2O1.O=C[C@@H]1[C@H]2CC(=O)O[C@H]2C[C@H]1OB(P)P. The predicted octanol–water partition coefficient (Wildman–Crippen LogP) is 1.90. The number of hydrogen-bond donors (Lipinski definition) is 1. The van der Waals surface area contributed by atoms with Crippen LogP contribution in [-0.4, -0.2) is 97.4 Å². The van der Waals surface area contributed by atoms with Gasteiger partial charge in [-0.05, 0) is 6.08 Å². The molecule has 3 heterocycles. The van der Waals surface area contributed by atoms with Crippen molar-refractivity contribution in [2.24, 2.45) is 35.5 Å². The van der Waals surface area contributed by atoms with Crippen molar-refractivity contribution < 1.29 is 57.3 Å². The Kier molecular flexibility index (Phi) is 16.6. The quantitative estimate of drug-likeness (QED) is 0.0810. The van der Waals surface area contributed by atoms with Gasteiger partial charge < -0.3 is 38.1 Å². The molecule has 0 spiro atoms. The van der Waals surface area contributed by atoms with Crippen molar-refractivity contribution in [3.05, 3.63) is 12.2 Å². The fourth-order valence-electron chi connectivity index (χ4n) is 7.85. The summed E-state index contributed by atoms with van der Waals surface area (Å²) in [5.74, 6) is -0.158. The molecule has 1 N–H and O–H groups in total. The number of hydrogen-bond acceptors (Lipinski definition) is 12. The van der Waals surface area contributed by atoms with Gasteiger partial charge in [0.25, 0.3) is 0 Å². The maximum atomic E-state index is 11.4. The van der Waals surface area contributed by atoms with Gasteiger partial charge in [0.2, 0.25) is 0 Å². The lowest BCUT2D eigenvalue weighted by atomic mass is 9.91. The summed E-state index contributed by atoms with van der Waals surface area (Å²) in [6.45, 7) is 1.90. The summed E-state index contributed by atoms with van der Waals surface area (Å²) in [6, 6.07) is 0. The van der Waals surface area contributed by atoms with Gasteiger partial charge in [0, 0.05) is 73.9 Å². The smallest absolute Gasteiger partial charge is 0.336 e. The number of fused-ring (bicyclic) bond motifs is 3. The largest absolute Gasteiger partial charge is 0.462 e. The average Bonchev–Trinajstić information content (AvgIpc) is 3.83. The second kappa shape index (κ2) is 19.4. The lowest BCUT2D eigenvalue weighted by Gasteiger charge is -2.22. The highest BCUT2D eigenvalue weighted by Crippen LogP contribution is 2.45. The molecule has 6 fully saturated rings. The van der Waals surface area contributed by atoms with Crippen LogP contribution in [0.4, 0.5) is 0 Å². The Balaban J connectivity index is 0.000000167. The Morgan fingerprint density at radius 2 is 1.14 bits per heavy atom. The summed E-state index contributed by atoms with van der Waals surface area (Å²) in [5, 5.41) is 9.32. The molecule has 3 aliphatic heterocycles. The van der Waals surface area contributed by atoms with Crippen molar-refractivity contribution in [2.75, 3.05) is 6.61 Å². The number of aldehydes is 1. The summed E-state index contributed by atoms with van der Waals surface area (Å²) >= 11 is 0. The number of esters is 3. The molecule has 21 heteroatoms. The van der Waals surface area contributed by atoms with Gasteiger partial charge in [0.1, 0.15) is 24.6 Å². The van der Waals surface area contributed by atoms with Crippen LogP contribution in [0.15, 0.2) is 12.2 Å². The van der Waals surface area contributed by atoms with Crippen LogP contribution in [0.25, 0.3) is 0 Å². The van der Waals surface area contributed by atoms with Crippen molar-refractivity contribution in [3.63, 3.8) is 0 Å². The van der Waals surface area contributed by atoms with Gasteiger partial charge in [-0.25, -0.2) is 0 Å². The minimum absolute atomic E-state index is 0.00176. The standard InChI is InChI=1S/C12H19BO4P2.C8H15BO4P2.C8H13BO4P2/c1-2-7(14)3-4-8-9-5-12(15)16-10(9)6-11(8)17-13(18)19;2*10-3-5-4-1-8(11)12-6(4)2-7(5)13-9(14)15/h3-4,8-11H,2,5-6,18-19H2,1H3;4-7,10H,1-3,14-15H2;3-7H,1-2,14-15H2/b4-3+;;/t8-,9-,10+,11-;2*4-,5-,6+,7-/m111/s1. The zero-order valence-corrected chi connectivity index (χ0v) is 34.4. The number of ether oxygens (including phenoxy) is 3. The van der Waals surface area contributed by atoms with Gasteiger partial charge in [-0.3, -0.25) is 19.2 Å². The van der Waals surface area contributed by atoms with Gasteiger partial charge in [-0.15, -0.1) is 54.7 Å². The third kappa shape index (κ3) is 11.3. The molecule has 6 rings (SSSR count). The first-order chi connectivity index (χ1) is 23.2. The highest BCUT2D eigenvalue weighted by Gasteiger charge is 2.52. The third-order valence-electron chi connectivity index (χ3n) is 9.97. The van der Waals surface area contributed by atoms with Gasteiger partial charge in [-0.1, -0.05) is 13.0 Å². The van der Waals surface area contributed by atoms with E-state index in [-0.39, 0.29) is 121 Å². The van der Waals surface area contributed by atoms with E-state index in [1.165, 1.54) is 0 Å². The van der Waals surface area contributed by atoms with Gasteiger partial charge >= 0.3 is 37.0 Å². The molecule has 12 nitrogen and oxygen atoms in total. The number of rotatable bonds is 11. The summed E-state index contributed by atoms with van der Waals surface area (Å²) < 4.78 is 32.7. The number of aliphatic hydroxyl groups is 1. The Bertz CT molecular complexity index is 1230. The van der Waals surface area contributed by atoms with E-state index in [4.69, 9.17) is 28.2 Å². The van der Waals surface area contributed by atoms with Crippen molar-refractivity contribution in [3.8, 4) is 0 Å². The normalized spacial score (nSPS) is 36.8. The molecular formula is C28H47B3O12P6. The molecule has 270 valence electrons. The van der Waals surface area contributed by atoms with Gasteiger partial charge in [0.05, 0.1) is 31.5 Å². The summed E-state index contributed by atoms with van der Waals surface area (Å²) in [4.78, 5) is 55.9. The Labute approximate surface area is 302 Å². The van der Waals surface area contributed by atoms with E-state index >= 15 is 0 Å². The molecule has 3 aliphatic carbocycles. The molecule has 0 amide bonds. The van der Waals surface area contributed by atoms with Gasteiger partial charge in [-0.2, -0.15) is 0 Å². The van der Waals surface area contributed by atoms with E-state index in [9.17, 15) is 29.1 Å². The number of allylic oxidation sites excluding steroid dienone is 1. The van der Waals surface area contributed by atoms with Crippen LogP contribution in [0.5, 0.6) is 0 Å². The first-order valence-electron chi connectivity index (χ1n) is 16.6. The summed E-state index contributed by atoms with van der Waals surface area (Å²) in [7, 11) is 15.2. The molecule has 3 saturated heterocycles. The van der Waals surface area contributed by atoms with Crippen molar-refractivity contribution >= 4 is 104 Å². The van der Waals surface area contributed by atoms with E-state index in [1.807, 2.05) is 13.0 Å². The maximum Gasteiger partial charge on any atom is 0.336 e. The summed E-state index contributed by atoms with van der Waals surface area (Å²) in [5.41, 5.74) is 0. The van der Waals surface area contributed by atoms with Crippen molar-refractivity contribution in [1.29, 1.82) is 0 Å². The van der Waals surface area contributed by atoms with E-state index in [0.717, 1.165) is 6.29 Å². The molecule has 0 bridgehead atoms. The van der Waals surface area contributed by atoms with E-state index in [0.29, 0.717) is 44.9 Å². The molecular weight excluding hydrogens is 747 g/mol. The predicted molar refractivity (Wildman–Crippen MR) is 206 cm³/mol. The van der Waals surface area contributed by atoms with Crippen LogP contribution in [0.3, 0.4) is 0 Å². The minimum atomic E-state index is -0.204. The third-order valence-corrected chi connectivity index (χ3v) is 10.9. The van der Waals surface area contributed by atoms with Gasteiger partial charge in [0.15, 0.2) is 5.78 Å². The lowest BCUT2D eigenvalue weighted by molar-refractivity contribution is -0.142. The monoisotopic (exact) mass is 794 g/mol. The first-order valence-corrected chi connectivity index (χ1v) is 20.6. The average molecular weight is 794 g/mol. The molecule has 6 unspecified atom stereocenters. The number of carbonyl (C=O) groups excluding carboxylic acids is 5. The molecule has 3 saturated carbocycles. The highest BCUT2D eigenvalue weighted by atomic mass is 31.1. The Morgan fingerprint density at radius 1 is 0.735 bits per heavy atom. The lowest BCUT2D eigenvalue weighted by Crippen LogP contribution is -2.28. The molecule has 49 heavy (non-hydrogen) atoms. The fourth-order valence-corrected chi connectivity index (χ4v) is 9.06. The second-order valence-corrected chi connectivity index (χ2v) is 19.4. The Hall–Kier alpha value is 0.105. The molecule has 18 atom stereocenters. The zero-order chi connectivity index (χ0) is 36.0. The summed E-state index contributed by atoms with van der Waals surface area (Å²) in [6.07, 6.45) is 7.73. The van der Waals surface area contributed by atoms with Crippen LogP contribution in [-0.2, 0) is 52.1 Å². The van der Waals surface area contributed by atoms with E-state index in [1.54, 1.807) is 6.08 Å². The van der Waals surface area contributed by atoms with Crippen molar-refractivity contribution in [2.45, 2.75) is 88.5 Å².